The van der Waals surface area contributed by atoms with Crippen molar-refractivity contribution in [3.8, 4) is 11.3 Å². The highest BCUT2D eigenvalue weighted by Gasteiger charge is 2.27. The lowest BCUT2D eigenvalue weighted by Crippen LogP contribution is -2.43. The van der Waals surface area contributed by atoms with E-state index in [-0.39, 0.29) is 12.2 Å². The molecule has 0 aliphatic carbocycles. The molecule has 1 aliphatic rings. The molecule has 2 aromatic rings. The summed E-state index contributed by atoms with van der Waals surface area (Å²) in [5.41, 5.74) is 2.95. The Hall–Kier alpha value is -3.13. The van der Waals surface area contributed by atoms with E-state index >= 15 is 0 Å². The number of nitrogens with zero attached hydrogens (tertiary/aromatic N) is 2. The molecule has 0 bridgehead atoms. The van der Waals surface area contributed by atoms with Gasteiger partial charge in [0.1, 0.15) is 5.60 Å². The van der Waals surface area contributed by atoms with Gasteiger partial charge in [0.15, 0.2) is 0 Å². The van der Waals surface area contributed by atoms with Gasteiger partial charge in [-0.1, -0.05) is 18.2 Å². The normalized spacial score (nSPS) is 14.7. The standard InChI is InChI=1S/C24H31N3O5/c1-24(2,3)32-23(29)27-13-11-20(12-14-27)31-16-17-5-10-21(25-15-17)18-6-8-19(9-7-18)26-22(28)30-4/h5-10,15,20H,11-14,16H2,1-4H3,(H,26,28). The molecule has 3 rings (SSSR count). The zero-order valence-electron chi connectivity index (χ0n) is 19.1. The van der Waals surface area contributed by atoms with E-state index in [9.17, 15) is 9.59 Å². The summed E-state index contributed by atoms with van der Waals surface area (Å²) in [5.74, 6) is 0. The monoisotopic (exact) mass is 441 g/mol. The molecule has 0 radical (unpaired) electrons. The van der Waals surface area contributed by atoms with E-state index in [1.54, 1.807) is 17.0 Å². The highest BCUT2D eigenvalue weighted by atomic mass is 16.6. The number of aromatic nitrogens is 1. The van der Waals surface area contributed by atoms with Crippen molar-refractivity contribution >= 4 is 17.9 Å². The summed E-state index contributed by atoms with van der Waals surface area (Å²) >= 11 is 0. The SMILES string of the molecule is COC(=O)Nc1ccc(-c2ccc(COC3CCN(C(=O)OC(C)(C)C)CC3)cn2)cc1. The van der Waals surface area contributed by atoms with Gasteiger partial charge >= 0.3 is 12.2 Å². The zero-order chi connectivity index (χ0) is 23.1. The van der Waals surface area contributed by atoms with Crippen LogP contribution in [0.4, 0.5) is 15.3 Å². The number of likely N-dealkylation sites (tertiary alicyclic amines) is 1. The van der Waals surface area contributed by atoms with Gasteiger partial charge in [0, 0.05) is 30.5 Å². The third-order valence-electron chi connectivity index (χ3n) is 5.02. The zero-order valence-corrected chi connectivity index (χ0v) is 19.1. The van der Waals surface area contributed by atoms with Gasteiger partial charge in [-0.2, -0.15) is 0 Å². The van der Waals surface area contributed by atoms with Crippen LogP contribution in [0.2, 0.25) is 0 Å². The number of carbonyl (C=O) groups is 2. The molecular weight excluding hydrogens is 410 g/mol. The minimum atomic E-state index is -0.504. The first-order valence-corrected chi connectivity index (χ1v) is 10.7. The third-order valence-corrected chi connectivity index (χ3v) is 5.02. The molecule has 0 saturated carbocycles. The van der Waals surface area contributed by atoms with E-state index in [2.05, 4.69) is 15.0 Å². The number of amides is 2. The van der Waals surface area contributed by atoms with E-state index in [0.717, 1.165) is 29.7 Å². The van der Waals surface area contributed by atoms with Crippen molar-refractivity contribution in [1.82, 2.24) is 9.88 Å². The Labute approximate surface area is 188 Å². The molecule has 0 spiro atoms. The summed E-state index contributed by atoms with van der Waals surface area (Å²) < 4.78 is 16.1. The van der Waals surface area contributed by atoms with Gasteiger partial charge < -0.3 is 19.1 Å². The molecule has 8 nitrogen and oxygen atoms in total. The van der Waals surface area contributed by atoms with Crippen LogP contribution in [0.15, 0.2) is 42.6 Å². The molecule has 0 atom stereocenters. The fourth-order valence-corrected chi connectivity index (χ4v) is 3.32. The Morgan fingerprint density at radius 2 is 1.78 bits per heavy atom. The molecule has 1 aromatic heterocycles. The van der Waals surface area contributed by atoms with Gasteiger partial charge in [-0.25, -0.2) is 9.59 Å². The molecule has 1 fully saturated rings. The van der Waals surface area contributed by atoms with Crippen LogP contribution in [0.3, 0.4) is 0 Å². The Morgan fingerprint density at radius 1 is 1.09 bits per heavy atom. The molecular formula is C24H31N3O5. The summed E-state index contributed by atoms with van der Waals surface area (Å²) in [4.78, 5) is 29.7. The van der Waals surface area contributed by atoms with Crippen LogP contribution in [0, 0.1) is 0 Å². The lowest BCUT2D eigenvalue weighted by molar-refractivity contribution is -0.0171. The summed E-state index contributed by atoms with van der Waals surface area (Å²) in [6, 6.07) is 11.3. The molecule has 172 valence electrons. The number of ether oxygens (including phenoxy) is 3. The number of benzene rings is 1. The highest BCUT2D eigenvalue weighted by molar-refractivity contribution is 5.84. The number of hydrogen-bond donors (Lipinski definition) is 1. The molecule has 1 N–H and O–H groups in total. The summed E-state index contributed by atoms with van der Waals surface area (Å²) in [7, 11) is 1.33. The van der Waals surface area contributed by atoms with Crippen LogP contribution in [0.25, 0.3) is 11.3 Å². The van der Waals surface area contributed by atoms with Gasteiger partial charge in [-0.05, 0) is 57.4 Å². The maximum Gasteiger partial charge on any atom is 0.411 e. The van der Waals surface area contributed by atoms with E-state index in [1.807, 2.05) is 51.2 Å². The van der Waals surface area contributed by atoms with E-state index in [0.29, 0.717) is 25.4 Å². The number of pyridine rings is 1. The van der Waals surface area contributed by atoms with Crippen molar-refractivity contribution in [1.29, 1.82) is 0 Å². The quantitative estimate of drug-likeness (QED) is 0.714. The molecule has 0 unspecified atom stereocenters. The largest absolute Gasteiger partial charge is 0.453 e. The third kappa shape index (κ3) is 6.95. The van der Waals surface area contributed by atoms with Crippen molar-refractivity contribution in [3.05, 3.63) is 48.2 Å². The van der Waals surface area contributed by atoms with Crippen molar-refractivity contribution < 1.29 is 23.8 Å². The van der Waals surface area contributed by atoms with E-state index in [4.69, 9.17) is 9.47 Å². The first-order valence-electron chi connectivity index (χ1n) is 10.7. The van der Waals surface area contributed by atoms with Gasteiger partial charge in [0.2, 0.25) is 0 Å². The van der Waals surface area contributed by atoms with Crippen molar-refractivity contribution in [2.75, 3.05) is 25.5 Å². The maximum atomic E-state index is 12.2. The smallest absolute Gasteiger partial charge is 0.411 e. The number of hydrogen-bond acceptors (Lipinski definition) is 6. The number of rotatable bonds is 5. The maximum absolute atomic E-state index is 12.2. The molecule has 2 heterocycles. The first kappa shape index (κ1) is 23.5. The molecule has 8 heteroatoms. The number of anilines is 1. The number of carbonyl (C=O) groups excluding carboxylic acids is 2. The minimum absolute atomic E-state index is 0.114. The van der Waals surface area contributed by atoms with Crippen LogP contribution >= 0.6 is 0 Å². The van der Waals surface area contributed by atoms with Crippen molar-refractivity contribution in [2.45, 2.75) is 51.9 Å². The van der Waals surface area contributed by atoms with Crippen molar-refractivity contribution in [3.63, 3.8) is 0 Å². The Balaban J connectivity index is 1.45. The van der Waals surface area contributed by atoms with Gasteiger partial charge in [0.25, 0.3) is 0 Å². The fraction of sp³-hybridized carbons (Fsp3) is 0.458. The van der Waals surface area contributed by atoms with Gasteiger partial charge in [0.05, 0.1) is 25.5 Å². The van der Waals surface area contributed by atoms with Gasteiger partial charge in [-0.15, -0.1) is 0 Å². The van der Waals surface area contributed by atoms with Crippen LogP contribution in [-0.2, 0) is 20.8 Å². The van der Waals surface area contributed by atoms with E-state index in [1.165, 1.54) is 7.11 Å². The molecule has 1 saturated heterocycles. The van der Waals surface area contributed by atoms with E-state index < -0.39 is 11.7 Å². The fourth-order valence-electron chi connectivity index (χ4n) is 3.32. The van der Waals surface area contributed by atoms with Crippen LogP contribution in [0.5, 0.6) is 0 Å². The molecule has 2 amide bonds. The molecule has 32 heavy (non-hydrogen) atoms. The lowest BCUT2D eigenvalue weighted by Gasteiger charge is -2.33. The predicted molar refractivity (Wildman–Crippen MR) is 121 cm³/mol. The minimum Gasteiger partial charge on any atom is -0.453 e. The van der Waals surface area contributed by atoms with Crippen LogP contribution < -0.4 is 5.32 Å². The molecule has 1 aliphatic heterocycles. The predicted octanol–water partition coefficient (Wildman–Crippen LogP) is 4.84. The topological polar surface area (TPSA) is 90.0 Å². The average Bonchev–Trinajstić information content (AvgIpc) is 2.78. The molecule has 1 aromatic carbocycles. The Morgan fingerprint density at radius 3 is 2.34 bits per heavy atom. The van der Waals surface area contributed by atoms with Gasteiger partial charge in [-0.3, -0.25) is 10.3 Å². The second-order valence-corrected chi connectivity index (χ2v) is 8.72. The highest BCUT2D eigenvalue weighted by Crippen LogP contribution is 2.21. The van der Waals surface area contributed by atoms with Crippen LogP contribution in [0.1, 0.15) is 39.2 Å². The second kappa shape index (κ2) is 10.5. The van der Waals surface area contributed by atoms with Crippen molar-refractivity contribution in [2.24, 2.45) is 0 Å². The average molecular weight is 442 g/mol. The second-order valence-electron chi connectivity index (χ2n) is 8.72. The summed E-state index contributed by atoms with van der Waals surface area (Å²) in [6.45, 7) is 7.37. The first-order chi connectivity index (χ1) is 15.2. The Kier molecular flexibility index (Phi) is 7.69. The summed E-state index contributed by atoms with van der Waals surface area (Å²) in [5, 5.41) is 2.62. The number of piperidine rings is 1. The lowest BCUT2D eigenvalue weighted by atomic mass is 10.1. The van der Waals surface area contributed by atoms with Crippen LogP contribution in [-0.4, -0.2) is 54.0 Å². The number of methoxy groups -OCH3 is 1. The number of nitrogens with one attached hydrogen (secondary N) is 1. The Bertz CT molecular complexity index is 899. The summed E-state index contributed by atoms with van der Waals surface area (Å²) in [6.07, 6.45) is 2.74.